The first-order valence-electron chi connectivity index (χ1n) is 4.02. The quantitative estimate of drug-likeness (QED) is 0.799. The minimum absolute atomic E-state index is 0.335. The number of alkyl halides is 3. The Labute approximate surface area is 87.8 Å². The number of carbonyl (C=O) groups is 1. The third kappa shape index (κ3) is 2.07. The van der Waals surface area contributed by atoms with Crippen molar-refractivity contribution in [1.29, 1.82) is 0 Å². The number of carbonyl (C=O) groups excluding carboxylic acids is 1. The number of hydrogen-bond acceptors (Lipinski definition) is 2. The third-order valence-electron chi connectivity index (χ3n) is 1.88. The van der Waals surface area contributed by atoms with Crippen molar-refractivity contribution in [2.24, 2.45) is 5.73 Å². The second-order valence-corrected chi connectivity index (χ2v) is 2.87. The predicted octanol–water partition coefficient (Wildman–Crippen LogP) is 1.95. The zero-order chi connectivity index (χ0) is 12.5. The van der Waals surface area contributed by atoms with E-state index in [4.69, 9.17) is 5.73 Å². The van der Waals surface area contributed by atoms with Gasteiger partial charge in [0.2, 0.25) is 0 Å². The van der Waals surface area contributed by atoms with Crippen molar-refractivity contribution in [3.8, 4) is 5.75 Å². The highest BCUT2D eigenvalue weighted by Gasteiger charge is 2.36. The molecule has 0 radical (unpaired) electrons. The molecule has 0 atom stereocenters. The van der Waals surface area contributed by atoms with Crippen LogP contribution in [0.2, 0.25) is 0 Å². The van der Waals surface area contributed by atoms with Gasteiger partial charge in [-0.1, -0.05) is 0 Å². The Morgan fingerprint density at radius 3 is 2.31 bits per heavy atom. The topological polar surface area (TPSA) is 52.3 Å². The van der Waals surface area contributed by atoms with Gasteiger partial charge in [-0.3, -0.25) is 4.79 Å². The minimum Gasteiger partial charge on any atom is -0.496 e. The highest BCUT2D eigenvalue weighted by molar-refractivity contribution is 5.96. The summed E-state index contributed by atoms with van der Waals surface area (Å²) >= 11 is 0. The number of nitrogens with two attached hydrogens (primary N) is 1. The van der Waals surface area contributed by atoms with E-state index in [1.807, 2.05) is 0 Å². The first-order chi connectivity index (χ1) is 7.29. The molecule has 0 saturated carbocycles. The maximum absolute atomic E-state index is 13.4. The summed E-state index contributed by atoms with van der Waals surface area (Å²) in [4.78, 5) is 10.8. The van der Waals surface area contributed by atoms with Gasteiger partial charge in [-0.05, 0) is 12.1 Å². The molecule has 3 nitrogen and oxygen atoms in total. The van der Waals surface area contributed by atoms with Crippen molar-refractivity contribution in [2.45, 2.75) is 6.18 Å². The van der Waals surface area contributed by atoms with E-state index in [-0.39, 0.29) is 5.75 Å². The van der Waals surface area contributed by atoms with Crippen molar-refractivity contribution in [2.75, 3.05) is 7.11 Å². The van der Waals surface area contributed by atoms with Crippen molar-refractivity contribution in [3.63, 3.8) is 0 Å². The molecule has 0 fully saturated rings. The van der Waals surface area contributed by atoms with Crippen LogP contribution in [-0.2, 0) is 6.18 Å². The normalized spacial score (nSPS) is 11.3. The van der Waals surface area contributed by atoms with E-state index in [2.05, 4.69) is 4.74 Å². The summed E-state index contributed by atoms with van der Waals surface area (Å²) in [6, 6.07) is 1.33. The number of ether oxygens (including phenoxy) is 1. The second-order valence-electron chi connectivity index (χ2n) is 2.87. The van der Waals surface area contributed by atoms with Gasteiger partial charge in [-0.2, -0.15) is 13.2 Å². The predicted molar refractivity (Wildman–Crippen MR) is 46.5 cm³/mol. The van der Waals surface area contributed by atoms with Crippen LogP contribution in [0.3, 0.4) is 0 Å². The van der Waals surface area contributed by atoms with Crippen LogP contribution in [0.15, 0.2) is 12.1 Å². The van der Waals surface area contributed by atoms with Gasteiger partial charge in [-0.15, -0.1) is 0 Å². The summed E-state index contributed by atoms with van der Waals surface area (Å²) in [5, 5.41) is 0. The molecule has 0 saturated heterocycles. The maximum atomic E-state index is 13.4. The summed E-state index contributed by atoms with van der Waals surface area (Å²) < 4.78 is 54.8. The van der Waals surface area contributed by atoms with Crippen LogP contribution in [0, 0.1) is 5.82 Å². The number of hydrogen-bond donors (Lipinski definition) is 1. The molecule has 0 aromatic heterocycles. The van der Waals surface area contributed by atoms with Crippen LogP contribution >= 0.6 is 0 Å². The Balaban J connectivity index is 3.50. The molecular weight excluding hydrogens is 230 g/mol. The average molecular weight is 237 g/mol. The molecule has 0 aliphatic heterocycles. The van der Waals surface area contributed by atoms with Crippen LogP contribution in [0.4, 0.5) is 17.6 Å². The highest BCUT2D eigenvalue weighted by Crippen LogP contribution is 2.35. The highest BCUT2D eigenvalue weighted by atomic mass is 19.4. The lowest BCUT2D eigenvalue weighted by atomic mass is 10.1. The van der Waals surface area contributed by atoms with Crippen molar-refractivity contribution >= 4 is 5.91 Å². The molecule has 1 amide bonds. The summed E-state index contributed by atoms with van der Waals surface area (Å²) in [6.45, 7) is 0. The Morgan fingerprint density at radius 2 is 1.94 bits per heavy atom. The molecule has 1 rings (SSSR count). The van der Waals surface area contributed by atoms with Gasteiger partial charge in [0.05, 0.1) is 12.7 Å². The molecule has 1 aromatic carbocycles. The van der Waals surface area contributed by atoms with Crippen LogP contribution < -0.4 is 10.5 Å². The molecule has 16 heavy (non-hydrogen) atoms. The fraction of sp³-hybridized carbons (Fsp3) is 0.222. The Kier molecular flexibility index (Phi) is 3.06. The van der Waals surface area contributed by atoms with E-state index in [1.165, 1.54) is 0 Å². The molecule has 0 aliphatic rings. The van der Waals surface area contributed by atoms with Crippen LogP contribution in [0.5, 0.6) is 5.75 Å². The molecule has 1 aromatic rings. The van der Waals surface area contributed by atoms with E-state index in [0.717, 1.165) is 13.2 Å². The van der Waals surface area contributed by atoms with Gasteiger partial charge in [0.15, 0.2) is 5.82 Å². The number of methoxy groups -OCH3 is 1. The summed E-state index contributed by atoms with van der Waals surface area (Å²) in [6.07, 6.45) is -4.89. The Hall–Kier alpha value is -1.79. The first kappa shape index (κ1) is 12.3. The van der Waals surface area contributed by atoms with Gasteiger partial charge in [0.1, 0.15) is 11.3 Å². The Morgan fingerprint density at radius 1 is 1.38 bits per heavy atom. The summed E-state index contributed by atoms with van der Waals surface area (Å²) in [5.74, 6) is -3.38. The molecule has 2 N–H and O–H groups in total. The largest absolute Gasteiger partial charge is 0.496 e. The number of rotatable bonds is 2. The van der Waals surface area contributed by atoms with E-state index in [1.54, 1.807) is 0 Å². The van der Waals surface area contributed by atoms with Crippen molar-refractivity contribution < 1.29 is 27.1 Å². The average Bonchev–Trinajstić information content (AvgIpc) is 2.14. The lowest BCUT2D eigenvalue weighted by Crippen LogP contribution is -2.18. The number of benzene rings is 1. The number of primary amides is 1. The van der Waals surface area contributed by atoms with Crippen LogP contribution in [0.25, 0.3) is 0 Å². The zero-order valence-electron chi connectivity index (χ0n) is 8.06. The molecule has 0 heterocycles. The Bertz CT molecular complexity index is 428. The van der Waals surface area contributed by atoms with Gasteiger partial charge in [0.25, 0.3) is 5.91 Å². The monoisotopic (exact) mass is 237 g/mol. The SMILES string of the molecule is COc1ccc(C(F)(F)F)c(F)c1C(N)=O. The standard InChI is InChI=1S/C9H7F4NO2/c1-16-5-3-2-4(9(11,12)13)7(10)6(5)8(14)15/h2-3H,1H3,(H2,14,15). The molecule has 0 aliphatic carbocycles. The molecule has 0 spiro atoms. The minimum atomic E-state index is -4.89. The zero-order valence-corrected chi connectivity index (χ0v) is 8.06. The first-order valence-corrected chi connectivity index (χ1v) is 4.02. The number of halogens is 4. The van der Waals surface area contributed by atoms with Gasteiger partial charge < -0.3 is 10.5 Å². The third-order valence-corrected chi connectivity index (χ3v) is 1.88. The van der Waals surface area contributed by atoms with Crippen LogP contribution in [-0.4, -0.2) is 13.0 Å². The summed E-state index contributed by atoms with van der Waals surface area (Å²) in [7, 11) is 1.09. The van der Waals surface area contributed by atoms with E-state index < -0.39 is 29.0 Å². The van der Waals surface area contributed by atoms with Gasteiger partial charge in [-0.25, -0.2) is 4.39 Å². The molecule has 0 unspecified atom stereocenters. The molecule has 0 bridgehead atoms. The maximum Gasteiger partial charge on any atom is 0.419 e. The molecule has 88 valence electrons. The van der Waals surface area contributed by atoms with E-state index >= 15 is 0 Å². The fourth-order valence-electron chi connectivity index (χ4n) is 1.18. The van der Waals surface area contributed by atoms with E-state index in [0.29, 0.717) is 6.07 Å². The van der Waals surface area contributed by atoms with E-state index in [9.17, 15) is 22.4 Å². The fourth-order valence-corrected chi connectivity index (χ4v) is 1.18. The lowest BCUT2D eigenvalue weighted by molar-refractivity contribution is -0.140. The van der Waals surface area contributed by atoms with Crippen molar-refractivity contribution in [1.82, 2.24) is 0 Å². The molecular formula is C9H7F4NO2. The molecule has 7 heteroatoms. The van der Waals surface area contributed by atoms with Crippen molar-refractivity contribution in [3.05, 3.63) is 29.1 Å². The number of amides is 1. The van der Waals surface area contributed by atoms with Gasteiger partial charge in [0, 0.05) is 0 Å². The summed E-state index contributed by atoms with van der Waals surface area (Å²) in [5.41, 5.74) is 2.32. The second kappa shape index (κ2) is 3.99. The van der Waals surface area contributed by atoms with Gasteiger partial charge >= 0.3 is 6.18 Å². The van der Waals surface area contributed by atoms with Crippen LogP contribution in [0.1, 0.15) is 15.9 Å². The lowest BCUT2D eigenvalue weighted by Gasteiger charge is -2.12. The smallest absolute Gasteiger partial charge is 0.419 e.